The number of carbonyl (C=O) groups excluding carboxylic acids is 3. The Morgan fingerprint density at radius 1 is 1.00 bits per heavy atom. The fourth-order valence-corrected chi connectivity index (χ4v) is 4.19. The third-order valence-corrected chi connectivity index (χ3v) is 7.23. The predicted octanol–water partition coefficient (Wildman–Crippen LogP) is -0.370. The molecule has 0 atom stereocenters. The molecule has 0 aromatic rings. The summed E-state index contributed by atoms with van der Waals surface area (Å²) >= 11 is -4.28. The first-order chi connectivity index (χ1) is 6.24. The molecule has 0 saturated carbocycles. The number of allylic oxidation sites excluding steroid dienone is 1. The summed E-state index contributed by atoms with van der Waals surface area (Å²) in [5.41, 5.74) is 0. The van der Waals surface area contributed by atoms with Crippen molar-refractivity contribution in [1.82, 2.24) is 0 Å². The summed E-state index contributed by atoms with van der Waals surface area (Å²) in [6, 6.07) is 0. The molecule has 0 saturated heterocycles. The van der Waals surface area contributed by atoms with Crippen molar-refractivity contribution in [2.75, 3.05) is 0 Å². The first-order valence-electron chi connectivity index (χ1n) is 3.20. The molecule has 0 unspecified atom stereocenters. The Hall–Kier alpha value is -1.05. The summed E-state index contributed by atoms with van der Waals surface area (Å²) in [4.78, 5) is 30.1. The van der Waals surface area contributed by atoms with Gasteiger partial charge in [0.15, 0.2) is 0 Å². The molecule has 6 nitrogen and oxygen atoms in total. The van der Waals surface area contributed by atoms with E-state index in [0.717, 1.165) is 0 Å². The van der Waals surface area contributed by atoms with E-state index in [1.165, 1.54) is 6.08 Å². The maximum atomic E-state index is 10.0. The van der Waals surface area contributed by atoms with Crippen molar-refractivity contribution in [2.24, 2.45) is 0 Å². The summed E-state index contributed by atoms with van der Waals surface area (Å²) in [5, 5.41) is 0. The molecule has 0 aliphatic rings. The zero-order valence-corrected chi connectivity index (χ0v) is 9.53. The summed E-state index contributed by atoms with van der Waals surface area (Å²) in [6.07, 6.45) is 1.35. The second kappa shape index (κ2) is 6.46. The van der Waals surface area contributed by atoms with Crippen molar-refractivity contribution in [1.29, 1.82) is 0 Å². The van der Waals surface area contributed by atoms with Crippen LogP contribution in [0.1, 0.15) is 0 Å². The van der Waals surface area contributed by atoms with E-state index in [1.807, 2.05) is 0 Å². The van der Waals surface area contributed by atoms with Crippen molar-refractivity contribution < 1.29 is 23.6 Å². The predicted molar refractivity (Wildman–Crippen MR) is 42.2 cm³/mol. The van der Waals surface area contributed by atoms with Crippen LogP contribution in [0.4, 0.5) is 0 Å². The molecule has 0 spiro atoms. The summed E-state index contributed by atoms with van der Waals surface area (Å²) in [6.45, 7) is 3.63. The van der Waals surface area contributed by atoms with Gasteiger partial charge >= 0.3 is 79.7 Å². The van der Waals surface area contributed by atoms with Crippen LogP contribution in [-0.2, 0) is 23.6 Å². The Morgan fingerprint density at radius 2 is 1.38 bits per heavy atom. The van der Waals surface area contributed by atoms with Crippen molar-refractivity contribution in [3.63, 3.8) is 0 Å². The molecule has 0 fully saturated rings. The molecule has 0 radical (unpaired) electrons. The Morgan fingerprint density at radius 3 is 1.62 bits per heavy atom. The van der Waals surface area contributed by atoms with Gasteiger partial charge in [0.1, 0.15) is 0 Å². The second-order valence-corrected chi connectivity index (χ2v) is 8.90. The summed E-state index contributed by atoms with van der Waals surface area (Å²) < 4.78 is 13.6. The van der Waals surface area contributed by atoms with Gasteiger partial charge in [-0.05, 0) is 0 Å². The van der Waals surface area contributed by atoms with Gasteiger partial charge in [0.25, 0.3) is 0 Å². The Kier molecular flexibility index (Phi) is 5.94. The van der Waals surface area contributed by atoms with Gasteiger partial charge in [-0.2, -0.15) is 0 Å². The monoisotopic (exact) mass is 296 g/mol. The third-order valence-electron chi connectivity index (χ3n) is 1.08. The van der Waals surface area contributed by atoms with Gasteiger partial charge < -0.3 is 0 Å². The van der Waals surface area contributed by atoms with Gasteiger partial charge in [-0.3, -0.25) is 0 Å². The average Bonchev–Trinajstić information content (AvgIpc) is 2.06. The van der Waals surface area contributed by atoms with Crippen molar-refractivity contribution in [2.45, 2.75) is 4.44 Å². The maximum absolute atomic E-state index is 10.0. The summed E-state index contributed by atoms with van der Waals surface area (Å²) in [5.74, 6) is 0. The molecule has 0 aliphatic heterocycles. The van der Waals surface area contributed by atoms with E-state index in [-0.39, 0.29) is 23.9 Å². The normalized spacial score (nSPS) is 9.54. The molecule has 0 bridgehead atoms. The zero-order chi connectivity index (χ0) is 10.2. The molecule has 0 aromatic heterocycles. The van der Waals surface area contributed by atoms with Gasteiger partial charge in [-0.15, -0.1) is 0 Å². The quantitative estimate of drug-likeness (QED) is 0.345. The first kappa shape index (κ1) is 11.9. The van der Waals surface area contributed by atoms with Crippen LogP contribution < -0.4 is 0 Å². The minimum absolute atomic E-state index is 0.0604. The van der Waals surface area contributed by atoms with Crippen LogP contribution in [0.15, 0.2) is 12.7 Å². The fourth-order valence-electron chi connectivity index (χ4n) is 0.624. The number of carbonyl (C=O) groups is 3. The van der Waals surface area contributed by atoms with E-state index in [9.17, 15) is 14.4 Å². The van der Waals surface area contributed by atoms with Gasteiger partial charge in [0, 0.05) is 0 Å². The van der Waals surface area contributed by atoms with Crippen LogP contribution in [0.5, 0.6) is 0 Å². The molecular formula is C6H8O6Sn. The van der Waals surface area contributed by atoms with Crippen molar-refractivity contribution in [3.8, 4) is 0 Å². The molecular weight excluding hydrogens is 287 g/mol. The van der Waals surface area contributed by atoms with E-state index in [2.05, 4.69) is 15.8 Å². The van der Waals surface area contributed by atoms with Gasteiger partial charge in [0.05, 0.1) is 0 Å². The average molecular weight is 295 g/mol. The van der Waals surface area contributed by atoms with Crippen LogP contribution >= 0.6 is 0 Å². The molecule has 0 amide bonds. The van der Waals surface area contributed by atoms with Gasteiger partial charge in [0.2, 0.25) is 0 Å². The van der Waals surface area contributed by atoms with Crippen molar-refractivity contribution in [3.05, 3.63) is 12.7 Å². The Balaban J connectivity index is 4.53. The molecule has 0 heterocycles. The Bertz CT molecular complexity index is 158. The van der Waals surface area contributed by atoms with Crippen LogP contribution in [-0.4, -0.2) is 39.0 Å². The minimum atomic E-state index is -4.28. The van der Waals surface area contributed by atoms with E-state index in [1.54, 1.807) is 0 Å². The molecule has 72 valence electrons. The van der Waals surface area contributed by atoms with Crippen LogP contribution in [0.2, 0.25) is 4.44 Å². The molecule has 0 aliphatic carbocycles. The topological polar surface area (TPSA) is 78.9 Å². The SMILES string of the molecule is C=C[CH2][Sn]([O]C=O)([O]C=O)[O]C=O. The Labute approximate surface area is 80.0 Å². The molecule has 0 N–H and O–H groups in total. The molecule has 0 rings (SSSR count). The third kappa shape index (κ3) is 3.92. The standard InChI is InChI=1S/C3H5.3CH2O2.Sn/c1-3-2;3*2-1-3;/h3H,1-2H2;3*1H,(H,2,3);/q;;;;+3/p-3. The van der Waals surface area contributed by atoms with Gasteiger partial charge in [-0.1, -0.05) is 0 Å². The number of hydrogen-bond donors (Lipinski definition) is 0. The van der Waals surface area contributed by atoms with E-state index < -0.39 is 19.6 Å². The number of rotatable bonds is 8. The summed E-state index contributed by atoms with van der Waals surface area (Å²) in [7, 11) is 0. The van der Waals surface area contributed by atoms with E-state index in [4.69, 9.17) is 0 Å². The van der Waals surface area contributed by atoms with Crippen LogP contribution in [0.3, 0.4) is 0 Å². The number of hydrogen-bond acceptors (Lipinski definition) is 6. The van der Waals surface area contributed by atoms with Crippen LogP contribution in [0.25, 0.3) is 0 Å². The first-order valence-corrected chi connectivity index (χ1v) is 8.71. The van der Waals surface area contributed by atoms with E-state index in [0.29, 0.717) is 0 Å². The van der Waals surface area contributed by atoms with Crippen molar-refractivity contribution >= 4 is 39.0 Å². The second-order valence-electron chi connectivity index (χ2n) is 1.82. The molecule has 13 heavy (non-hydrogen) atoms. The van der Waals surface area contributed by atoms with Crippen LogP contribution in [0, 0.1) is 0 Å². The molecule has 0 aromatic carbocycles. The fraction of sp³-hybridized carbons (Fsp3) is 0.167. The molecule has 7 heteroatoms. The van der Waals surface area contributed by atoms with Gasteiger partial charge in [-0.25, -0.2) is 0 Å². The zero-order valence-electron chi connectivity index (χ0n) is 6.67. The van der Waals surface area contributed by atoms with E-state index >= 15 is 0 Å².